The fourth-order valence-electron chi connectivity index (χ4n) is 4.08. The molecule has 0 fully saturated rings. The minimum absolute atomic E-state index is 0.00918. The molecule has 5 aromatic rings. The molecule has 2 N–H and O–H groups in total. The number of carbonyl (C=O) groups excluding carboxylic acids is 2. The highest BCUT2D eigenvalue weighted by molar-refractivity contribution is 6.03. The van der Waals surface area contributed by atoms with Crippen LogP contribution in [-0.4, -0.2) is 24.5 Å². The van der Waals surface area contributed by atoms with Gasteiger partial charge in [0.2, 0.25) is 5.91 Å². The van der Waals surface area contributed by atoms with E-state index in [2.05, 4.69) is 10.6 Å². The van der Waals surface area contributed by atoms with E-state index in [4.69, 9.17) is 9.47 Å². The first kappa shape index (κ1) is 25.7. The van der Waals surface area contributed by atoms with Crippen LogP contribution in [0.4, 0.5) is 5.69 Å². The summed E-state index contributed by atoms with van der Waals surface area (Å²) in [5, 5.41) is 7.71. The summed E-state index contributed by atoms with van der Waals surface area (Å²) in [6, 6.07) is 38.6. The smallest absolute Gasteiger partial charge is 0.252 e. The summed E-state index contributed by atoms with van der Waals surface area (Å²) in [4.78, 5) is 26.4. The Morgan fingerprint density at radius 2 is 1.31 bits per heavy atom. The summed E-state index contributed by atoms with van der Waals surface area (Å²) >= 11 is 0. The Morgan fingerprint density at radius 1 is 0.667 bits per heavy atom. The van der Waals surface area contributed by atoms with Gasteiger partial charge in [0.05, 0.1) is 13.2 Å². The number of hydrogen-bond donors (Lipinski definition) is 2. The largest absolute Gasteiger partial charge is 0.457 e. The molecule has 0 saturated heterocycles. The van der Waals surface area contributed by atoms with Gasteiger partial charge in [-0.3, -0.25) is 9.59 Å². The molecule has 39 heavy (non-hydrogen) atoms. The number of benzene rings is 5. The van der Waals surface area contributed by atoms with Gasteiger partial charge >= 0.3 is 0 Å². The summed E-state index contributed by atoms with van der Waals surface area (Å²) in [6.07, 6.45) is 0. The first-order chi connectivity index (χ1) is 19.1. The first-order valence-electron chi connectivity index (χ1n) is 12.7. The van der Waals surface area contributed by atoms with Gasteiger partial charge in [0.1, 0.15) is 17.5 Å². The maximum Gasteiger partial charge on any atom is 0.252 e. The van der Waals surface area contributed by atoms with Gasteiger partial charge in [0.15, 0.2) is 0 Å². The molecule has 0 radical (unpaired) electrons. The molecular weight excluding hydrogens is 488 g/mol. The lowest BCUT2D eigenvalue weighted by molar-refractivity contribution is -0.119. The molecule has 0 aliphatic carbocycles. The van der Waals surface area contributed by atoms with Crippen molar-refractivity contribution in [3.63, 3.8) is 0 Å². The lowest BCUT2D eigenvalue weighted by Gasteiger charge is -2.19. The second kappa shape index (κ2) is 12.5. The molecule has 5 rings (SSSR count). The highest BCUT2D eigenvalue weighted by Gasteiger charge is 2.22. The SMILES string of the molecule is O=C(NC(COCc1ccccc1)C(=O)Nc1ccc(Oc2ccccc2)cc1)c1ccc2ccccc2c1. The Balaban J connectivity index is 1.27. The van der Waals surface area contributed by atoms with Gasteiger partial charge in [0, 0.05) is 11.3 Å². The van der Waals surface area contributed by atoms with Gasteiger partial charge in [0.25, 0.3) is 5.91 Å². The van der Waals surface area contributed by atoms with Gasteiger partial charge in [-0.05, 0) is 64.9 Å². The van der Waals surface area contributed by atoms with Crippen LogP contribution in [0.3, 0.4) is 0 Å². The van der Waals surface area contributed by atoms with Crippen LogP contribution < -0.4 is 15.4 Å². The van der Waals surface area contributed by atoms with E-state index in [9.17, 15) is 9.59 Å². The van der Waals surface area contributed by atoms with Crippen molar-refractivity contribution in [2.24, 2.45) is 0 Å². The number of rotatable bonds is 10. The number of hydrogen-bond acceptors (Lipinski definition) is 4. The second-order valence-corrected chi connectivity index (χ2v) is 9.02. The molecule has 0 spiro atoms. The van der Waals surface area contributed by atoms with Gasteiger partial charge < -0.3 is 20.1 Å². The fourth-order valence-corrected chi connectivity index (χ4v) is 4.08. The van der Waals surface area contributed by atoms with Crippen LogP contribution in [-0.2, 0) is 16.1 Å². The normalized spacial score (nSPS) is 11.5. The molecule has 2 amide bonds. The van der Waals surface area contributed by atoms with Crippen LogP contribution in [0.25, 0.3) is 10.8 Å². The van der Waals surface area contributed by atoms with Crippen molar-refractivity contribution < 1.29 is 19.1 Å². The van der Waals surface area contributed by atoms with E-state index in [1.807, 2.05) is 97.1 Å². The van der Waals surface area contributed by atoms with Crippen molar-refractivity contribution in [1.82, 2.24) is 5.32 Å². The summed E-state index contributed by atoms with van der Waals surface area (Å²) in [6.45, 7) is 0.331. The zero-order chi connectivity index (χ0) is 26.9. The van der Waals surface area contributed by atoms with Crippen LogP contribution in [0.5, 0.6) is 11.5 Å². The van der Waals surface area contributed by atoms with Crippen LogP contribution >= 0.6 is 0 Å². The third-order valence-corrected chi connectivity index (χ3v) is 6.13. The van der Waals surface area contributed by atoms with Gasteiger partial charge in [-0.15, -0.1) is 0 Å². The lowest BCUT2D eigenvalue weighted by atomic mass is 10.1. The third kappa shape index (κ3) is 7.09. The van der Waals surface area contributed by atoms with E-state index in [-0.39, 0.29) is 18.4 Å². The molecule has 0 aliphatic heterocycles. The van der Waals surface area contributed by atoms with E-state index in [0.717, 1.165) is 22.1 Å². The van der Waals surface area contributed by atoms with Gasteiger partial charge in [-0.2, -0.15) is 0 Å². The van der Waals surface area contributed by atoms with Crippen LogP contribution in [0.1, 0.15) is 15.9 Å². The zero-order valence-corrected chi connectivity index (χ0v) is 21.2. The third-order valence-electron chi connectivity index (χ3n) is 6.13. The summed E-state index contributed by atoms with van der Waals surface area (Å²) in [5.41, 5.74) is 2.02. The molecule has 6 nitrogen and oxygen atoms in total. The Kier molecular flexibility index (Phi) is 8.26. The first-order valence-corrected chi connectivity index (χ1v) is 12.7. The Morgan fingerprint density at radius 3 is 2.05 bits per heavy atom. The zero-order valence-electron chi connectivity index (χ0n) is 21.2. The number of fused-ring (bicyclic) bond motifs is 1. The molecule has 194 valence electrons. The van der Waals surface area contributed by atoms with E-state index in [0.29, 0.717) is 23.6 Å². The number of anilines is 1. The number of ether oxygens (including phenoxy) is 2. The molecule has 5 aromatic carbocycles. The van der Waals surface area contributed by atoms with Crippen molar-refractivity contribution >= 4 is 28.3 Å². The minimum Gasteiger partial charge on any atom is -0.457 e. The van der Waals surface area contributed by atoms with E-state index < -0.39 is 6.04 Å². The van der Waals surface area contributed by atoms with Gasteiger partial charge in [-0.25, -0.2) is 0 Å². The van der Waals surface area contributed by atoms with Crippen molar-refractivity contribution in [2.75, 3.05) is 11.9 Å². The molecule has 1 atom stereocenters. The topological polar surface area (TPSA) is 76.7 Å². The maximum absolute atomic E-state index is 13.3. The number of carbonyl (C=O) groups is 2. The lowest BCUT2D eigenvalue weighted by Crippen LogP contribution is -2.46. The van der Waals surface area contributed by atoms with Crippen molar-refractivity contribution in [3.05, 3.63) is 139 Å². The van der Waals surface area contributed by atoms with E-state index in [1.54, 1.807) is 30.3 Å². The van der Waals surface area contributed by atoms with Crippen LogP contribution in [0.2, 0.25) is 0 Å². The highest BCUT2D eigenvalue weighted by atomic mass is 16.5. The molecular formula is C33H28N2O4. The molecule has 6 heteroatoms. The molecule has 0 aromatic heterocycles. The van der Waals surface area contributed by atoms with E-state index >= 15 is 0 Å². The highest BCUT2D eigenvalue weighted by Crippen LogP contribution is 2.23. The van der Waals surface area contributed by atoms with Crippen molar-refractivity contribution in [1.29, 1.82) is 0 Å². The predicted octanol–water partition coefficient (Wildman–Crippen LogP) is 6.59. The molecule has 1 unspecified atom stereocenters. The second-order valence-electron chi connectivity index (χ2n) is 9.02. The molecule has 0 heterocycles. The predicted molar refractivity (Wildman–Crippen MR) is 153 cm³/mol. The summed E-state index contributed by atoms with van der Waals surface area (Å²) in [7, 11) is 0. The maximum atomic E-state index is 13.3. The molecule has 0 bridgehead atoms. The van der Waals surface area contributed by atoms with Crippen LogP contribution in [0.15, 0.2) is 127 Å². The number of nitrogens with one attached hydrogen (secondary N) is 2. The number of amides is 2. The average Bonchev–Trinajstić information content (AvgIpc) is 2.98. The quantitative estimate of drug-likeness (QED) is 0.220. The summed E-state index contributed by atoms with van der Waals surface area (Å²) in [5.74, 6) is 0.637. The van der Waals surface area contributed by atoms with Gasteiger partial charge in [-0.1, -0.05) is 78.9 Å². The Hall–Kier alpha value is -4.94. The summed E-state index contributed by atoms with van der Waals surface area (Å²) < 4.78 is 11.7. The molecule has 0 aliphatic rings. The minimum atomic E-state index is -0.909. The molecule has 0 saturated carbocycles. The van der Waals surface area contributed by atoms with Crippen LogP contribution in [0, 0.1) is 0 Å². The average molecular weight is 517 g/mol. The van der Waals surface area contributed by atoms with Crippen molar-refractivity contribution in [3.8, 4) is 11.5 Å². The van der Waals surface area contributed by atoms with E-state index in [1.165, 1.54) is 0 Å². The Labute approximate surface area is 227 Å². The number of para-hydroxylation sites is 1. The monoisotopic (exact) mass is 516 g/mol. The Bertz CT molecular complexity index is 1540. The van der Waals surface area contributed by atoms with Crippen molar-refractivity contribution in [2.45, 2.75) is 12.6 Å². The fraction of sp³-hybridized carbons (Fsp3) is 0.0909. The standard InChI is InChI=1S/C33H28N2O4/c36-32(27-16-15-25-11-7-8-12-26(25)21-27)35-31(23-38-22-24-9-3-1-4-10-24)33(37)34-28-17-19-30(20-18-28)39-29-13-5-2-6-14-29/h1-21,31H,22-23H2,(H,34,37)(H,35,36).